The maximum Gasteiger partial charge on any atom is 0.151 e. The molecule has 4 nitrogen and oxygen atoms in total. The fourth-order valence-electron chi connectivity index (χ4n) is 3.27. The molecule has 0 bridgehead atoms. The zero-order chi connectivity index (χ0) is 12.6. The molecular formula is C13H24N2O2S. The summed E-state index contributed by atoms with van der Waals surface area (Å²) in [7, 11) is -2.76. The van der Waals surface area contributed by atoms with Gasteiger partial charge in [0.05, 0.1) is 11.5 Å². The molecule has 1 saturated carbocycles. The predicted molar refractivity (Wildman–Crippen MR) is 72.4 cm³/mol. The van der Waals surface area contributed by atoms with E-state index >= 15 is 0 Å². The van der Waals surface area contributed by atoms with Crippen molar-refractivity contribution in [3.05, 3.63) is 0 Å². The van der Waals surface area contributed by atoms with Gasteiger partial charge in [0.25, 0.3) is 0 Å². The summed E-state index contributed by atoms with van der Waals surface area (Å²) in [6, 6.07) is 1.09. The number of rotatable bonds is 4. The molecule has 1 N–H and O–H groups in total. The van der Waals surface area contributed by atoms with Crippen molar-refractivity contribution in [3.8, 4) is 0 Å². The van der Waals surface area contributed by atoms with E-state index in [0.29, 0.717) is 17.5 Å². The molecule has 0 aromatic rings. The number of sulfone groups is 1. The fourth-order valence-corrected chi connectivity index (χ4v) is 5.01. The number of hydrogen-bond donors (Lipinski definition) is 1. The summed E-state index contributed by atoms with van der Waals surface area (Å²) in [6.45, 7) is 3.32. The van der Waals surface area contributed by atoms with Crippen molar-refractivity contribution in [3.63, 3.8) is 0 Å². The Kier molecular flexibility index (Phi) is 3.65. The Bertz CT molecular complexity index is 392. The van der Waals surface area contributed by atoms with Gasteiger partial charge in [-0.2, -0.15) is 0 Å². The van der Waals surface area contributed by atoms with Gasteiger partial charge in [-0.1, -0.05) is 0 Å². The highest BCUT2D eigenvalue weighted by Gasteiger charge is 2.34. The van der Waals surface area contributed by atoms with Crippen molar-refractivity contribution in [1.29, 1.82) is 0 Å². The quantitative estimate of drug-likeness (QED) is 0.816. The van der Waals surface area contributed by atoms with E-state index in [2.05, 4.69) is 10.2 Å². The van der Waals surface area contributed by atoms with Crippen LogP contribution in [0.5, 0.6) is 0 Å². The van der Waals surface area contributed by atoms with Crippen LogP contribution in [-0.2, 0) is 9.84 Å². The van der Waals surface area contributed by atoms with Crippen molar-refractivity contribution in [2.75, 3.05) is 31.1 Å². The molecule has 0 aromatic carbocycles. The van der Waals surface area contributed by atoms with Crippen molar-refractivity contribution < 1.29 is 8.42 Å². The molecule has 0 amide bonds. The van der Waals surface area contributed by atoms with Crippen LogP contribution < -0.4 is 5.32 Å². The average molecular weight is 272 g/mol. The Hall–Kier alpha value is -0.130. The van der Waals surface area contributed by atoms with Crippen LogP contribution in [0.3, 0.4) is 0 Å². The van der Waals surface area contributed by atoms with Gasteiger partial charge in [-0.05, 0) is 51.1 Å². The number of nitrogens with zero attached hydrogens (tertiary/aromatic N) is 1. The molecule has 2 unspecified atom stereocenters. The van der Waals surface area contributed by atoms with E-state index in [1.165, 1.54) is 19.3 Å². The minimum atomic E-state index is -2.76. The van der Waals surface area contributed by atoms with E-state index in [-0.39, 0.29) is 0 Å². The lowest BCUT2D eigenvalue weighted by Gasteiger charge is -2.30. The molecular weight excluding hydrogens is 248 g/mol. The minimum absolute atomic E-state index is 0.301. The van der Waals surface area contributed by atoms with Gasteiger partial charge in [-0.3, -0.25) is 4.90 Å². The minimum Gasteiger partial charge on any atom is -0.314 e. The highest BCUT2D eigenvalue weighted by atomic mass is 32.2. The maximum atomic E-state index is 11.7. The van der Waals surface area contributed by atoms with Crippen LogP contribution in [0.1, 0.15) is 32.1 Å². The molecule has 18 heavy (non-hydrogen) atoms. The van der Waals surface area contributed by atoms with Crippen molar-refractivity contribution in [2.24, 2.45) is 5.92 Å². The Morgan fingerprint density at radius 1 is 1.17 bits per heavy atom. The van der Waals surface area contributed by atoms with Gasteiger partial charge in [-0.15, -0.1) is 0 Å². The van der Waals surface area contributed by atoms with E-state index in [9.17, 15) is 8.42 Å². The van der Waals surface area contributed by atoms with Crippen LogP contribution in [0.15, 0.2) is 0 Å². The van der Waals surface area contributed by atoms with Gasteiger partial charge in [0.15, 0.2) is 9.84 Å². The Morgan fingerprint density at radius 3 is 2.72 bits per heavy atom. The predicted octanol–water partition coefficient (Wildman–Crippen LogP) is 0.638. The summed E-state index contributed by atoms with van der Waals surface area (Å²) in [5.74, 6) is 1.54. The van der Waals surface area contributed by atoms with E-state index < -0.39 is 9.84 Å². The van der Waals surface area contributed by atoms with E-state index in [0.717, 1.165) is 44.4 Å². The molecule has 5 heteroatoms. The average Bonchev–Trinajstić information content (AvgIpc) is 3.02. The third-order valence-corrected chi connectivity index (χ3v) is 6.35. The summed E-state index contributed by atoms with van der Waals surface area (Å²) in [5.41, 5.74) is 0. The molecule has 3 fully saturated rings. The lowest BCUT2D eigenvalue weighted by Crippen LogP contribution is -2.42. The lowest BCUT2D eigenvalue weighted by molar-refractivity contribution is 0.233. The van der Waals surface area contributed by atoms with Crippen LogP contribution in [0.25, 0.3) is 0 Å². The van der Waals surface area contributed by atoms with E-state index in [1.807, 2.05) is 0 Å². The number of hydrogen-bond acceptors (Lipinski definition) is 4. The van der Waals surface area contributed by atoms with Crippen LogP contribution in [0, 0.1) is 5.92 Å². The monoisotopic (exact) mass is 272 g/mol. The van der Waals surface area contributed by atoms with Gasteiger partial charge in [-0.25, -0.2) is 8.42 Å². The van der Waals surface area contributed by atoms with Crippen molar-refractivity contribution >= 4 is 9.84 Å². The van der Waals surface area contributed by atoms with E-state index in [1.54, 1.807) is 0 Å². The second-order valence-corrected chi connectivity index (χ2v) is 8.47. The Labute approximate surface area is 110 Å². The van der Waals surface area contributed by atoms with Gasteiger partial charge < -0.3 is 5.32 Å². The third kappa shape index (κ3) is 3.25. The third-order valence-electron chi connectivity index (χ3n) is 4.55. The fraction of sp³-hybridized carbons (Fsp3) is 1.00. The summed E-state index contributed by atoms with van der Waals surface area (Å²) < 4.78 is 23.4. The first kappa shape index (κ1) is 12.9. The first-order chi connectivity index (χ1) is 8.62. The van der Waals surface area contributed by atoms with Gasteiger partial charge in [0.2, 0.25) is 0 Å². The van der Waals surface area contributed by atoms with Crippen LogP contribution in [0.2, 0.25) is 0 Å². The van der Waals surface area contributed by atoms with Crippen molar-refractivity contribution in [2.45, 2.75) is 44.2 Å². The molecule has 104 valence electrons. The lowest BCUT2D eigenvalue weighted by atomic mass is 10.1. The largest absolute Gasteiger partial charge is 0.314 e. The first-order valence-electron chi connectivity index (χ1n) is 7.30. The first-order valence-corrected chi connectivity index (χ1v) is 9.12. The van der Waals surface area contributed by atoms with Crippen molar-refractivity contribution in [1.82, 2.24) is 10.2 Å². The Balaban J connectivity index is 1.48. The molecule has 1 aliphatic carbocycles. The normalized spacial score (nSPS) is 36.9. The van der Waals surface area contributed by atoms with Gasteiger partial charge in [0.1, 0.15) is 0 Å². The smallest absolute Gasteiger partial charge is 0.151 e. The molecule has 2 aliphatic heterocycles. The van der Waals surface area contributed by atoms with Crippen LogP contribution in [-0.4, -0.2) is 56.5 Å². The molecule has 2 saturated heterocycles. The summed E-state index contributed by atoms with van der Waals surface area (Å²) in [4.78, 5) is 2.43. The maximum absolute atomic E-state index is 11.7. The van der Waals surface area contributed by atoms with Gasteiger partial charge in [0, 0.05) is 18.6 Å². The molecule has 3 rings (SSSR count). The Morgan fingerprint density at radius 2 is 2.00 bits per heavy atom. The topological polar surface area (TPSA) is 49.4 Å². The van der Waals surface area contributed by atoms with Crippen LogP contribution in [0.4, 0.5) is 0 Å². The van der Waals surface area contributed by atoms with E-state index in [4.69, 9.17) is 0 Å². The second kappa shape index (κ2) is 5.10. The summed E-state index contributed by atoms with van der Waals surface area (Å²) in [5, 5.41) is 3.59. The zero-order valence-corrected chi connectivity index (χ0v) is 11.8. The highest BCUT2D eigenvalue weighted by Crippen LogP contribution is 2.25. The number of likely N-dealkylation sites (tertiary alicyclic amines) is 1. The van der Waals surface area contributed by atoms with Gasteiger partial charge >= 0.3 is 0 Å². The summed E-state index contributed by atoms with van der Waals surface area (Å²) >= 11 is 0. The highest BCUT2D eigenvalue weighted by molar-refractivity contribution is 7.91. The SMILES string of the molecule is O=S1(=O)CCCC(N2CCC(CNC3CC3)C2)C1. The zero-order valence-electron chi connectivity index (χ0n) is 11.0. The van der Waals surface area contributed by atoms with Crippen LogP contribution >= 0.6 is 0 Å². The summed E-state index contributed by atoms with van der Waals surface area (Å²) in [6.07, 6.45) is 5.85. The molecule has 2 heterocycles. The molecule has 0 radical (unpaired) electrons. The molecule has 3 aliphatic rings. The molecule has 2 atom stereocenters. The number of nitrogens with one attached hydrogen (secondary N) is 1. The standard InChI is InChI=1S/C13H24N2O2S/c16-18(17)7-1-2-13(10-18)15-6-5-11(9-15)8-14-12-3-4-12/h11-14H,1-10H2. The molecule has 0 spiro atoms. The molecule has 0 aromatic heterocycles. The second-order valence-electron chi connectivity index (χ2n) is 6.24.